The first kappa shape index (κ1) is 19.1. The molecule has 6 heteroatoms. The third kappa shape index (κ3) is 3.70. The number of ether oxygens (including phenoxy) is 1. The molecule has 0 saturated carbocycles. The quantitative estimate of drug-likeness (QED) is 0.841. The van der Waals surface area contributed by atoms with Crippen LogP contribution in [0, 0.1) is 5.92 Å². The van der Waals surface area contributed by atoms with Gasteiger partial charge in [0.25, 0.3) is 0 Å². The van der Waals surface area contributed by atoms with Gasteiger partial charge < -0.3 is 15.0 Å². The van der Waals surface area contributed by atoms with Gasteiger partial charge in [-0.05, 0) is 39.5 Å². The summed E-state index contributed by atoms with van der Waals surface area (Å²) in [6, 6.07) is 0.364. The number of nitrogens with one attached hydrogen (secondary N) is 1. The molecule has 6 nitrogen and oxygen atoms in total. The second kappa shape index (κ2) is 7.91. The topological polar surface area (TPSA) is 67.4 Å². The molecule has 0 spiro atoms. The number of carbonyl (C=O) groups is 1. The molecule has 0 aliphatic carbocycles. The fraction of sp³-hybridized carbons (Fsp3) is 0.750. The Morgan fingerprint density at radius 1 is 1.38 bits per heavy atom. The molecule has 3 rings (SSSR count). The van der Waals surface area contributed by atoms with Crippen molar-refractivity contribution >= 4 is 11.9 Å². The van der Waals surface area contributed by atoms with E-state index in [1.807, 2.05) is 11.1 Å². The number of anilines is 1. The van der Waals surface area contributed by atoms with E-state index in [2.05, 4.69) is 38.0 Å². The number of nitrogens with zero attached hydrogens (tertiary/aromatic N) is 3. The molecule has 1 unspecified atom stereocenters. The zero-order chi connectivity index (χ0) is 18.7. The lowest BCUT2D eigenvalue weighted by Gasteiger charge is -2.34. The number of carbonyl (C=O) groups excluding carboxylic acids is 1. The van der Waals surface area contributed by atoms with Gasteiger partial charge in [0, 0.05) is 36.9 Å². The molecule has 0 radical (unpaired) electrons. The molecule has 1 amide bonds. The zero-order valence-electron chi connectivity index (χ0n) is 16.5. The van der Waals surface area contributed by atoms with E-state index in [-0.39, 0.29) is 17.4 Å². The largest absolute Gasteiger partial charge is 0.381 e. The van der Waals surface area contributed by atoms with E-state index in [4.69, 9.17) is 9.72 Å². The number of rotatable bonds is 6. The third-order valence-corrected chi connectivity index (χ3v) is 5.81. The standard InChI is InChI=1S/C20H32N4O2/c1-5-7-14(6-2)18(25)24-13-17-16(20(24,3)4)12-21-19(23-17)22-15-8-10-26-11-9-15/h12,14-15H,5-11,13H2,1-4H3,(H,21,22,23). The Labute approximate surface area is 156 Å². The lowest BCUT2D eigenvalue weighted by atomic mass is 9.93. The number of hydrogen-bond donors (Lipinski definition) is 1. The normalized spacial score (nSPS) is 20.7. The summed E-state index contributed by atoms with van der Waals surface area (Å²) < 4.78 is 5.41. The summed E-state index contributed by atoms with van der Waals surface area (Å²) in [5.74, 6) is 1.01. The summed E-state index contributed by atoms with van der Waals surface area (Å²) >= 11 is 0. The molecule has 1 saturated heterocycles. The zero-order valence-corrected chi connectivity index (χ0v) is 16.5. The van der Waals surface area contributed by atoms with Crippen LogP contribution < -0.4 is 5.32 Å². The molecule has 1 fully saturated rings. The van der Waals surface area contributed by atoms with Crippen molar-refractivity contribution in [2.75, 3.05) is 18.5 Å². The van der Waals surface area contributed by atoms with Crippen molar-refractivity contribution in [3.8, 4) is 0 Å². The van der Waals surface area contributed by atoms with E-state index >= 15 is 0 Å². The second-order valence-electron chi connectivity index (χ2n) is 7.96. The Kier molecular flexibility index (Phi) is 5.80. The third-order valence-electron chi connectivity index (χ3n) is 5.81. The van der Waals surface area contributed by atoms with Gasteiger partial charge in [0.15, 0.2) is 0 Å². The van der Waals surface area contributed by atoms with Crippen molar-refractivity contribution in [3.63, 3.8) is 0 Å². The first-order valence-electron chi connectivity index (χ1n) is 9.99. The smallest absolute Gasteiger partial charge is 0.226 e. The van der Waals surface area contributed by atoms with Gasteiger partial charge in [0.05, 0.1) is 17.8 Å². The Balaban J connectivity index is 1.77. The van der Waals surface area contributed by atoms with Crippen molar-refractivity contribution in [2.45, 2.75) is 77.9 Å². The number of hydrogen-bond acceptors (Lipinski definition) is 5. The van der Waals surface area contributed by atoms with E-state index in [0.717, 1.165) is 56.6 Å². The van der Waals surface area contributed by atoms with E-state index in [0.29, 0.717) is 18.5 Å². The Hall–Kier alpha value is -1.69. The van der Waals surface area contributed by atoms with Crippen LogP contribution in [-0.4, -0.2) is 40.0 Å². The molecule has 2 aliphatic heterocycles. The number of amides is 1. The maximum Gasteiger partial charge on any atom is 0.226 e. The molecule has 0 bridgehead atoms. The highest BCUT2D eigenvalue weighted by molar-refractivity contribution is 5.80. The van der Waals surface area contributed by atoms with E-state index in [9.17, 15) is 4.79 Å². The van der Waals surface area contributed by atoms with Gasteiger partial charge in [-0.15, -0.1) is 0 Å². The first-order chi connectivity index (χ1) is 12.5. The van der Waals surface area contributed by atoms with Crippen LogP contribution in [-0.2, 0) is 21.6 Å². The van der Waals surface area contributed by atoms with Gasteiger partial charge in [0.2, 0.25) is 11.9 Å². The number of fused-ring (bicyclic) bond motifs is 1. The van der Waals surface area contributed by atoms with Crippen LogP contribution >= 0.6 is 0 Å². The maximum absolute atomic E-state index is 13.1. The molecule has 1 N–H and O–H groups in total. The summed E-state index contributed by atoms with van der Waals surface area (Å²) in [5.41, 5.74) is 1.68. The van der Waals surface area contributed by atoms with Gasteiger partial charge in [-0.2, -0.15) is 0 Å². The van der Waals surface area contributed by atoms with E-state index < -0.39 is 0 Å². The van der Waals surface area contributed by atoms with Gasteiger partial charge in [-0.25, -0.2) is 9.97 Å². The van der Waals surface area contributed by atoms with Crippen LogP contribution in [0.3, 0.4) is 0 Å². The molecule has 2 aliphatic rings. The minimum absolute atomic E-state index is 0.0985. The molecule has 1 aromatic heterocycles. The van der Waals surface area contributed by atoms with Gasteiger partial charge in [-0.1, -0.05) is 20.3 Å². The lowest BCUT2D eigenvalue weighted by molar-refractivity contribution is -0.141. The molecule has 3 heterocycles. The molecule has 26 heavy (non-hydrogen) atoms. The van der Waals surface area contributed by atoms with E-state index in [1.54, 1.807) is 0 Å². The van der Waals surface area contributed by atoms with Crippen LogP contribution in [0.4, 0.5) is 5.95 Å². The highest BCUT2D eigenvalue weighted by atomic mass is 16.5. The van der Waals surface area contributed by atoms with Crippen LogP contribution in [0.15, 0.2) is 6.20 Å². The van der Waals surface area contributed by atoms with E-state index in [1.165, 1.54) is 0 Å². The molecule has 0 aromatic carbocycles. The maximum atomic E-state index is 13.1. The average molecular weight is 361 g/mol. The van der Waals surface area contributed by atoms with Gasteiger partial charge in [0.1, 0.15) is 0 Å². The highest BCUT2D eigenvalue weighted by Crippen LogP contribution is 2.39. The highest BCUT2D eigenvalue weighted by Gasteiger charge is 2.43. The van der Waals surface area contributed by atoms with Crippen LogP contribution in [0.5, 0.6) is 0 Å². The molecule has 1 atom stereocenters. The predicted octanol–water partition coefficient (Wildman–Crippen LogP) is 3.47. The summed E-state index contributed by atoms with van der Waals surface area (Å²) in [6.07, 6.45) is 6.72. The van der Waals surface area contributed by atoms with Gasteiger partial charge in [-0.3, -0.25) is 4.79 Å². The second-order valence-corrected chi connectivity index (χ2v) is 7.96. The van der Waals surface area contributed by atoms with Crippen molar-refractivity contribution in [1.29, 1.82) is 0 Å². The van der Waals surface area contributed by atoms with Crippen LogP contribution in [0.1, 0.15) is 71.1 Å². The minimum Gasteiger partial charge on any atom is -0.381 e. The SMILES string of the molecule is CCCC(CC)C(=O)N1Cc2nc(NC3CCOCC3)ncc2C1(C)C. The monoisotopic (exact) mass is 360 g/mol. The fourth-order valence-electron chi connectivity index (χ4n) is 4.06. The summed E-state index contributed by atoms with van der Waals surface area (Å²) in [4.78, 5) is 24.4. The van der Waals surface area contributed by atoms with Crippen molar-refractivity contribution in [1.82, 2.24) is 14.9 Å². The van der Waals surface area contributed by atoms with Crippen molar-refractivity contribution in [3.05, 3.63) is 17.5 Å². The van der Waals surface area contributed by atoms with Gasteiger partial charge >= 0.3 is 0 Å². The summed E-state index contributed by atoms with van der Waals surface area (Å²) in [6.45, 7) is 10.6. The predicted molar refractivity (Wildman–Crippen MR) is 102 cm³/mol. The summed E-state index contributed by atoms with van der Waals surface area (Å²) in [5, 5.41) is 3.43. The molecule has 1 aromatic rings. The minimum atomic E-state index is -0.356. The first-order valence-corrected chi connectivity index (χ1v) is 9.99. The Morgan fingerprint density at radius 2 is 2.12 bits per heavy atom. The Bertz CT molecular complexity index is 641. The summed E-state index contributed by atoms with van der Waals surface area (Å²) in [7, 11) is 0. The molecular formula is C20H32N4O2. The average Bonchev–Trinajstić information content (AvgIpc) is 2.90. The van der Waals surface area contributed by atoms with Crippen molar-refractivity contribution in [2.24, 2.45) is 5.92 Å². The fourth-order valence-corrected chi connectivity index (χ4v) is 4.06. The lowest BCUT2D eigenvalue weighted by Crippen LogP contribution is -2.43. The Morgan fingerprint density at radius 3 is 2.77 bits per heavy atom. The van der Waals surface area contributed by atoms with Crippen LogP contribution in [0.25, 0.3) is 0 Å². The van der Waals surface area contributed by atoms with Crippen LogP contribution in [0.2, 0.25) is 0 Å². The number of aromatic nitrogens is 2. The van der Waals surface area contributed by atoms with Crippen molar-refractivity contribution < 1.29 is 9.53 Å². The molecular weight excluding hydrogens is 328 g/mol. The molecule has 144 valence electrons.